The van der Waals surface area contributed by atoms with E-state index >= 15 is 0 Å². The number of benzene rings is 2. The Hall–Kier alpha value is -2.77. The molecule has 0 radical (unpaired) electrons. The van der Waals surface area contributed by atoms with Crippen molar-refractivity contribution in [2.45, 2.75) is 27.4 Å². The number of hydrogen-bond acceptors (Lipinski definition) is 7. The zero-order valence-electron chi connectivity index (χ0n) is 17.6. The number of methoxy groups -OCH3 is 3. The summed E-state index contributed by atoms with van der Waals surface area (Å²) >= 11 is 1.58. The van der Waals surface area contributed by atoms with Crippen LogP contribution in [0.5, 0.6) is 11.5 Å². The van der Waals surface area contributed by atoms with Crippen molar-refractivity contribution >= 4 is 32.6 Å². The third-order valence-electron chi connectivity index (χ3n) is 4.25. The smallest absolute Gasteiger partial charge is 0.149 e. The second-order valence-electron chi connectivity index (χ2n) is 6.17. The predicted molar refractivity (Wildman–Crippen MR) is 118 cm³/mol. The summed E-state index contributed by atoms with van der Waals surface area (Å²) in [5.74, 6) is 1.44. The lowest BCUT2D eigenvalue weighted by Crippen LogP contribution is -1.96. The summed E-state index contributed by atoms with van der Waals surface area (Å²) in [6.07, 6.45) is 1.75. The Morgan fingerprint density at radius 1 is 0.931 bits per heavy atom. The highest BCUT2D eigenvalue weighted by molar-refractivity contribution is 7.21. The zero-order valence-corrected chi connectivity index (χ0v) is 18.4. The molecule has 6 nitrogen and oxygen atoms in total. The van der Waals surface area contributed by atoms with E-state index in [4.69, 9.17) is 19.2 Å². The van der Waals surface area contributed by atoms with Gasteiger partial charge in [-0.05, 0) is 30.7 Å². The molecule has 0 saturated heterocycles. The SMILES string of the molecule is CC.COCc1cnc2c(-c3nc4c(OC)cc(OC)cc4s3)cc(C)cc2n1. The molecule has 7 heteroatoms. The molecule has 2 aromatic heterocycles. The Balaban J connectivity index is 0.00000117. The quantitative estimate of drug-likeness (QED) is 0.438. The standard InChI is InChI=1S/C20H19N3O3S.C2H6/c1-11-5-14(18-15(6-11)22-12(9-21-18)10-24-2)20-23-19-16(26-4)7-13(25-3)8-17(19)27-20;1-2/h5-9H,10H2,1-4H3;1-2H3. The van der Waals surface area contributed by atoms with Crippen LogP contribution in [0.3, 0.4) is 0 Å². The molecule has 0 bridgehead atoms. The normalized spacial score (nSPS) is 10.7. The first-order valence-corrected chi connectivity index (χ1v) is 10.2. The van der Waals surface area contributed by atoms with Gasteiger partial charge < -0.3 is 14.2 Å². The van der Waals surface area contributed by atoms with Gasteiger partial charge >= 0.3 is 0 Å². The van der Waals surface area contributed by atoms with Gasteiger partial charge in [-0.2, -0.15) is 0 Å². The lowest BCUT2D eigenvalue weighted by Gasteiger charge is -2.06. The van der Waals surface area contributed by atoms with E-state index in [1.165, 1.54) is 0 Å². The van der Waals surface area contributed by atoms with Gasteiger partial charge in [0.05, 0.1) is 48.5 Å². The summed E-state index contributed by atoms with van der Waals surface area (Å²) in [6.45, 7) is 6.48. The maximum Gasteiger partial charge on any atom is 0.149 e. The molecular formula is C22H25N3O3S. The Bertz CT molecular complexity index is 1140. The molecule has 0 fully saturated rings. The minimum Gasteiger partial charge on any atom is -0.497 e. The number of aromatic nitrogens is 3. The zero-order chi connectivity index (χ0) is 21.0. The summed E-state index contributed by atoms with van der Waals surface area (Å²) in [7, 11) is 4.93. The maximum atomic E-state index is 5.50. The molecule has 2 aromatic carbocycles. The summed E-state index contributed by atoms with van der Waals surface area (Å²) < 4.78 is 17.0. The van der Waals surface area contributed by atoms with Crippen LogP contribution in [-0.4, -0.2) is 36.3 Å². The van der Waals surface area contributed by atoms with E-state index in [1.54, 1.807) is 38.9 Å². The van der Waals surface area contributed by atoms with E-state index in [0.717, 1.165) is 48.8 Å². The highest BCUT2D eigenvalue weighted by Gasteiger charge is 2.16. The van der Waals surface area contributed by atoms with Gasteiger partial charge in [0, 0.05) is 18.7 Å². The van der Waals surface area contributed by atoms with Crippen LogP contribution in [-0.2, 0) is 11.3 Å². The van der Waals surface area contributed by atoms with Gasteiger partial charge in [0.15, 0.2) is 0 Å². The van der Waals surface area contributed by atoms with E-state index in [-0.39, 0.29) is 0 Å². The van der Waals surface area contributed by atoms with Crippen LogP contribution in [0.4, 0.5) is 0 Å². The molecule has 4 aromatic rings. The van der Waals surface area contributed by atoms with Crippen LogP contribution in [0.25, 0.3) is 31.8 Å². The Kier molecular flexibility index (Phi) is 6.61. The Morgan fingerprint density at radius 3 is 2.41 bits per heavy atom. The van der Waals surface area contributed by atoms with Gasteiger partial charge in [0.25, 0.3) is 0 Å². The first kappa shape index (κ1) is 21.0. The molecule has 0 aliphatic rings. The van der Waals surface area contributed by atoms with Crippen LogP contribution < -0.4 is 9.47 Å². The van der Waals surface area contributed by atoms with Crippen LogP contribution >= 0.6 is 11.3 Å². The van der Waals surface area contributed by atoms with Crippen molar-refractivity contribution in [3.8, 4) is 22.1 Å². The van der Waals surface area contributed by atoms with E-state index in [2.05, 4.69) is 16.0 Å². The van der Waals surface area contributed by atoms with E-state index < -0.39 is 0 Å². The first-order valence-electron chi connectivity index (χ1n) is 9.41. The lowest BCUT2D eigenvalue weighted by molar-refractivity contribution is 0.181. The fraction of sp³-hybridized carbons (Fsp3) is 0.318. The number of rotatable bonds is 5. The average molecular weight is 412 g/mol. The molecule has 0 saturated carbocycles. The minimum atomic E-state index is 0.435. The Labute approximate surface area is 174 Å². The molecule has 0 N–H and O–H groups in total. The van der Waals surface area contributed by atoms with E-state index in [1.807, 2.05) is 39.0 Å². The monoisotopic (exact) mass is 411 g/mol. The van der Waals surface area contributed by atoms with E-state index in [0.29, 0.717) is 12.4 Å². The van der Waals surface area contributed by atoms with E-state index in [9.17, 15) is 0 Å². The second kappa shape index (κ2) is 9.15. The molecule has 4 rings (SSSR count). The molecule has 0 aliphatic carbocycles. The number of thiazole rings is 1. The molecule has 29 heavy (non-hydrogen) atoms. The fourth-order valence-electron chi connectivity index (χ4n) is 3.05. The summed E-state index contributed by atoms with van der Waals surface area (Å²) in [5.41, 5.74) is 5.34. The third-order valence-corrected chi connectivity index (χ3v) is 5.29. The first-order chi connectivity index (χ1) is 14.1. The molecule has 0 atom stereocenters. The van der Waals surface area contributed by atoms with Gasteiger partial charge in [0.2, 0.25) is 0 Å². The number of nitrogens with zero attached hydrogens (tertiary/aromatic N) is 3. The topological polar surface area (TPSA) is 66.4 Å². The van der Waals surface area contributed by atoms with Gasteiger partial charge in [-0.3, -0.25) is 4.98 Å². The number of hydrogen-bond donors (Lipinski definition) is 0. The third kappa shape index (κ3) is 4.16. The largest absolute Gasteiger partial charge is 0.497 e. The van der Waals surface area contributed by atoms with Crippen molar-refractivity contribution in [3.63, 3.8) is 0 Å². The van der Waals surface area contributed by atoms with Crippen LogP contribution in [0.1, 0.15) is 25.1 Å². The van der Waals surface area contributed by atoms with Gasteiger partial charge in [-0.25, -0.2) is 9.97 Å². The number of fused-ring (bicyclic) bond motifs is 2. The molecular weight excluding hydrogens is 386 g/mol. The summed E-state index contributed by atoms with van der Waals surface area (Å²) in [4.78, 5) is 14.1. The molecule has 2 heterocycles. The molecule has 0 unspecified atom stereocenters. The van der Waals surface area contributed by atoms with Crippen LogP contribution in [0.2, 0.25) is 0 Å². The van der Waals surface area contributed by atoms with Gasteiger partial charge in [-0.1, -0.05) is 13.8 Å². The molecule has 0 spiro atoms. The van der Waals surface area contributed by atoms with Crippen LogP contribution in [0.15, 0.2) is 30.5 Å². The average Bonchev–Trinajstić information content (AvgIpc) is 3.17. The van der Waals surface area contributed by atoms with Crippen molar-refractivity contribution in [3.05, 3.63) is 41.7 Å². The summed E-state index contributed by atoms with van der Waals surface area (Å²) in [6, 6.07) is 7.94. The van der Waals surface area contributed by atoms with Crippen molar-refractivity contribution in [2.24, 2.45) is 0 Å². The maximum absolute atomic E-state index is 5.50. The van der Waals surface area contributed by atoms with Gasteiger partial charge in [0.1, 0.15) is 22.0 Å². The van der Waals surface area contributed by atoms with Crippen molar-refractivity contribution in [1.29, 1.82) is 0 Å². The molecule has 0 aliphatic heterocycles. The number of aryl methyl sites for hydroxylation is 1. The summed E-state index contributed by atoms with van der Waals surface area (Å²) in [5, 5.41) is 0.874. The fourth-order valence-corrected chi connectivity index (χ4v) is 4.08. The second-order valence-corrected chi connectivity index (χ2v) is 7.20. The Morgan fingerprint density at radius 2 is 1.72 bits per heavy atom. The van der Waals surface area contributed by atoms with Gasteiger partial charge in [-0.15, -0.1) is 11.3 Å². The highest BCUT2D eigenvalue weighted by atomic mass is 32.1. The molecule has 0 amide bonds. The van der Waals surface area contributed by atoms with Crippen molar-refractivity contribution in [1.82, 2.24) is 15.0 Å². The minimum absolute atomic E-state index is 0.435. The lowest BCUT2D eigenvalue weighted by atomic mass is 10.1. The van der Waals surface area contributed by atoms with Crippen molar-refractivity contribution < 1.29 is 14.2 Å². The highest BCUT2D eigenvalue weighted by Crippen LogP contribution is 2.39. The van der Waals surface area contributed by atoms with Crippen LogP contribution in [0, 0.1) is 6.92 Å². The molecule has 152 valence electrons. The van der Waals surface area contributed by atoms with Crippen molar-refractivity contribution in [2.75, 3.05) is 21.3 Å². The predicted octanol–water partition coefficient (Wildman–Crippen LogP) is 5.40. The number of ether oxygens (including phenoxy) is 3.